The molecule has 1 aromatic heterocycles. The lowest BCUT2D eigenvalue weighted by atomic mass is 9.87. The minimum atomic E-state index is -0.161. The molecule has 1 atom stereocenters. The van der Waals surface area contributed by atoms with Gasteiger partial charge in [-0.2, -0.15) is 0 Å². The van der Waals surface area contributed by atoms with Crippen molar-refractivity contribution >= 4 is 11.3 Å². The van der Waals surface area contributed by atoms with E-state index in [-0.39, 0.29) is 11.5 Å². The third-order valence-electron chi connectivity index (χ3n) is 3.15. The number of hydrogen-bond donors (Lipinski definition) is 1. The Bertz CT molecular complexity index is 378. The highest BCUT2D eigenvalue weighted by atomic mass is 32.1. The number of aliphatic hydroxyl groups is 1. The van der Waals surface area contributed by atoms with Crippen molar-refractivity contribution in [1.29, 1.82) is 0 Å². The first-order valence-electron chi connectivity index (χ1n) is 6.14. The molecule has 1 saturated heterocycles. The summed E-state index contributed by atoms with van der Waals surface area (Å²) in [6.07, 6.45) is 1.59. The average Bonchev–Trinajstić information content (AvgIpc) is 2.53. The average molecular weight is 255 g/mol. The van der Waals surface area contributed by atoms with Gasteiger partial charge >= 0.3 is 0 Å². The number of aliphatic hydroxyl groups excluding tert-OH is 1. The Morgan fingerprint density at radius 3 is 2.88 bits per heavy atom. The van der Waals surface area contributed by atoms with Crippen LogP contribution in [0.2, 0.25) is 0 Å². The summed E-state index contributed by atoms with van der Waals surface area (Å²) in [4.78, 5) is 2.39. The molecular formula is C12H21N3OS. The second-order valence-electron chi connectivity index (χ2n) is 5.74. The minimum absolute atomic E-state index is 0.161. The van der Waals surface area contributed by atoms with Crippen LogP contribution in [-0.4, -0.2) is 39.4 Å². The minimum Gasteiger partial charge on any atom is -0.393 e. The molecule has 96 valence electrons. The van der Waals surface area contributed by atoms with Gasteiger partial charge in [0.2, 0.25) is 0 Å². The van der Waals surface area contributed by atoms with E-state index in [1.54, 1.807) is 11.3 Å². The normalized spacial score (nSPS) is 25.8. The van der Waals surface area contributed by atoms with Crippen LogP contribution in [-0.2, 0) is 6.54 Å². The fraction of sp³-hybridized carbons (Fsp3) is 0.833. The zero-order valence-electron chi connectivity index (χ0n) is 10.8. The van der Waals surface area contributed by atoms with Crippen LogP contribution < -0.4 is 0 Å². The molecule has 5 heteroatoms. The number of hydrogen-bond acceptors (Lipinski definition) is 5. The van der Waals surface area contributed by atoms with E-state index >= 15 is 0 Å². The predicted molar refractivity (Wildman–Crippen MR) is 68.9 cm³/mol. The molecule has 0 radical (unpaired) electrons. The van der Waals surface area contributed by atoms with Crippen molar-refractivity contribution in [1.82, 2.24) is 15.1 Å². The summed E-state index contributed by atoms with van der Waals surface area (Å²) in [5.74, 6) is 0. The molecule has 2 heterocycles. The van der Waals surface area contributed by atoms with Crippen molar-refractivity contribution in [3.8, 4) is 0 Å². The van der Waals surface area contributed by atoms with E-state index in [1.807, 2.05) is 6.92 Å². The summed E-state index contributed by atoms with van der Waals surface area (Å²) >= 11 is 1.66. The summed E-state index contributed by atoms with van der Waals surface area (Å²) in [5, 5.41) is 20.2. The van der Waals surface area contributed by atoms with Gasteiger partial charge in [-0.3, -0.25) is 4.90 Å². The van der Waals surface area contributed by atoms with E-state index in [9.17, 15) is 5.11 Å². The molecule has 1 aromatic rings. The van der Waals surface area contributed by atoms with Crippen LogP contribution in [0.5, 0.6) is 0 Å². The molecule has 0 spiro atoms. The van der Waals surface area contributed by atoms with E-state index in [1.165, 1.54) is 0 Å². The van der Waals surface area contributed by atoms with Crippen LogP contribution in [0.1, 0.15) is 36.7 Å². The van der Waals surface area contributed by atoms with Gasteiger partial charge in [0.25, 0.3) is 0 Å². The van der Waals surface area contributed by atoms with Crippen LogP contribution in [0, 0.1) is 12.3 Å². The third-order valence-corrected chi connectivity index (χ3v) is 3.97. The maximum Gasteiger partial charge on any atom is 0.131 e. The molecule has 1 aliphatic rings. The number of aryl methyl sites for hydroxylation is 1. The lowest BCUT2D eigenvalue weighted by molar-refractivity contribution is 0.121. The lowest BCUT2D eigenvalue weighted by Crippen LogP contribution is -2.32. The van der Waals surface area contributed by atoms with Gasteiger partial charge in [-0.05, 0) is 25.2 Å². The van der Waals surface area contributed by atoms with E-state index in [0.29, 0.717) is 0 Å². The predicted octanol–water partition coefficient (Wildman–Crippen LogP) is 1.83. The molecule has 0 aromatic carbocycles. The molecule has 1 fully saturated rings. The Hall–Kier alpha value is -0.520. The molecule has 0 amide bonds. The number of rotatable bonds is 2. The molecule has 0 saturated carbocycles. The van der Waals surface area contributed by atoms with Gasteiger partial charge in [0.15, 0.2) is 0 Å². The fourth-order valence-corrected chi connectivity index (χ4v) is 3.30. The molecule has 4 nitrogen and oxygen atoms in total. The number of aromatic nitrogens is 2. The van der Waals surface area contributed by atoms with Crippen LogP contribution in [0.3, 0.4) is 0 Å². The Labute approximate surface area is 107 Å². The summed E-state index contributed by atoms with van der Waals surface area (Å²) in [7, 11) is 0. The standard InChI is InChI=1S/C12H21N3OS/c1-9-13-14-11(17-9)7-15-5-4-10(16)6-12(2,3)8-15/h10,16H,4-8H2,1-3H3. The highest BCUT2D eigenvalue weighted by Crippen LogP contribution is 2.29. The first-order valence-corrected chi connectivity index (χ1v) is 6.96. The molecule has 17 heavy (non-hydrogen) atoms. The van der Waals surface area contributed by atoms with Gasteiger partial charge in [0, 0.05) is 13.1 Å². The molecule has 1 aliphatic heterocycles. The second kappa shape index (κ2) is 5.00. The van der Waals surface area contributed by atoms with E-state index in [0.717, 1.165) is 42.5 Å². The van der Waals surface area contributed by atoms with Crippen LogP contribution in [0.25, 0.3) is 0 Å². The highest BCUT2D eigenvalue weighted by Gasteiger charge is 2.29. The quantitative estimate of drug-likeness (QED) is 0.876. The van der Waals surface area contributed by atoms with Crippen LogP contribution >= 0.6 is 11.3 Å². The molecule has 0 bridgehead atoms. The fourth-order valence-electron chi connectivity index (χ4n) is 2.55. The smallest absolute Gasteiger partial charge is 0.131 e. The Balaban J connectivity index is 2.00. The Morgan fingerprint density at radius 2 is 2.24 bits per heavy atom. The zero-order chi connectivity index (χ0) is 12.5. The van der Waals surface area contributed by atoms with Crippen molar-refractivity contribution < 1.29 is 5.11 Å². The van der Waals surface area contributed by atoms with Crippen molar-refractivity contribution in [3.05, 3.63) is 10.0 Å². The maximum absolute atomic E-state index is 9.86. The van der Waals surface area contributed by atoms with Crippen molar-refractivity contribution in [2.45, 2.75) is 46.3 Å². The molecule has 1 N–H and O–H groups in total. The Morgan fingerprint density at radius 1 is 1.47 bits per heavy atom. The third kappa shape index (κ3) is 3.72. The van der Waals surface area contributed by atoms with Gasteiger partial charge < -0.3 is 5.11 Å². The largest absolute Gasteiger partial charge is 0.393 e. The van der Waals surface area contributed by atoms with Gasteiger partial charge in [-0.15, -0.1) is 21.5 Å². The highest BCUT2D eigenvalue weighted by molar-refractivity contribution is 7.11. The first-order chi connectivity index (χ1) is 7.94. The Kier molecular flexibility index (Phi) is 3.80. The van der Waals surface area contributed by atoms with Gasteiger partial charge in [0.05, 0.1) is 12.6 Å². The summed E-state index contributed by atoms with van der Waals surface area (Å²) < 4.78 is 0. The van der Waals surface area contributed by atoms with Crippen molar-refractivity contribution in [3.63, 3.8) is 0 Å². The SMILES string of the molecule is Cc1nnc(CN2CCC(O)CC(C)(C)C2)s1. The zero-order valence-corrected chi connectivity index (χ0v) is 11.6. The topological polar surface area (TPSA) is 49.2 Å². The van der Waals surface area contributed by atoms with Crippen molar-refractivity contribution in [2.75, 3.05) is 13.1 Å². The van der Waals surface area contributed by atoms with E-state index in [4.69, 9.17) is 0 Å². The van der Waals surface area contributed by atoms with Crippen LogP contribution in [0.4, 0.5) is 0 Å². The molecule has 2 rings (SSSR count). The second-order valence-corrected chi connectivity index (χ2v) is 7.00. The van der Waals surface area contributed by atoms with Crippen molar-refractivity contribution in [2.24, 2.45) is 5.41 Å². The van der Waals surface area contributed by atoms with Gasteiger partial charge in [-0.25, -0.2) is 0 Å². The van der Waals surface area contributed by atoms with Gasteiger partial charge in [0.1, 0.15) is 10.0 Å². The summed E-state index contributed by atoms with van der Waals surface area (Å²) in [6.45, 7) is 9.25. The lowest BCUT2D eigenvalue weighted by Gasteiger charge is -2.28. The molecular weight excluding hydrogens is 234 g/mol. The monoisotopic (exact) mass is 255 g/mol. The number of likely N-dealkylation sites (tertiary alicyclic amines) is 1. The molecule has 0 aliphatic carbocycles. The van der Waals surface area contributed by atoms with E-state index < -0.39 is 0 Å². The van der Waals surface area contributed by atoms with E-state index in [2.05, 4.69) is 28.9 Å². The van der Waals surface area contributed by atoms with Crippen LogP contribution in [0.15, 0.2) is 0 Å². The maximum atomic E-state index is 9.86. The van der Waals surface area contributed by atoms with Gasteiger partial charge in [-0.1, -0.05) is 13.8 Å². The summed E-state index contributed by atoms with van der Waals surface area (Å²) in [6, 6.07) is 0. The first kappa shape index (κ1) is 12.9. The summed E-state index contributed by atoms with van der Waals surface area (Å²) in [5.41, 5.74) is 0.176. The molecule has 1 unspecified atom stereocenters. The number of nitrogens with zero attached hydrogens (tertiary/aromatic N) is 3.